The summed E-state index contributed by atoms with van der Waals surface area (Å²) in [5.41, 5.74) is 1.86. The standard InChI is InChI=1S/C18H25Cl2N5O2.HI/c1-4-21-18(24-12-14-10-15(19)16(20)25(14)2)23-11-13-6-5-7-22-17(13)27-9-8-26-3;/h5-7,10H,4,8-9,11-12H2,1-3H3,(H2,21,23,24);1H. The molecule has 2 N–H and O–H groups in total. The lowest BCUT2D eigenvalue weighted by Gasteiger charge is -2.13. The Kier molecular flexibility index (Phi) is 11.6. The van der Waals surface area contributed by atoms with Gasteiger partial charge in [-0.1, -0.05) is 29.3 Å². The van der Waals surface area contributed by atoms with Crippen LogP contribution in [0.15, 0.2) is 29.4 Å². The van der Waals surface area contributed by atoms with Gasteiger partial charge in [0.15, 0.2) is 5.96 Å². The van der Waals surface area contributed by atoms with Crippen molar-refractivity contribution in [3.05, 3.63) is 45.8 Å². The molecule has 156 valence electrons. The van der Waals surface area contributed by atoms with E-state index in [9.17, 15) is 0 Å². The first kappa shape index (κ1) is 24.8. The maximum absolute atomic E-state index is 6.11. The summed E-state index contributed by atoms with van der Waals surface area (Å²) < 4.78 is 12.5. The van der Waals surface area contributed by atoms with E-state index in [4.69, 9.17) is 32.7 Å². The van der Waals surface area contributed by atoms with Crippen LogP contribution in [0.3, 0.4) is 0 Å². The smallest absolute Gasteiger partial charge is 0.218 e. The lowest BCUT2D eigenvalue weighted by molar-refractivity contribution is 0.143. The van der Waals surface area contributed by atoms with Crippen LogP contribution in [-0.2, 0) is 24.9 Å². The molecule has 2 aromatic rings. The van der Waals surface area contributed by atoms with Crippen molar-refractivity contribution in [3.63, 3.8) is 0 Å². The van der Waals surface area contributed by atoms with Gasteiger partial charge in [0.25, 0.3) is 0 Å². The van der Waals surface area contributed by atoms with Crippen LogP contribution in [0.4, 0.5) is 0 Å². The van der Waals surface area contributed by atoms with E-state index in [0.29, 0.717) is 48.3 Å². The van der Waals surface area contributed by atoms with Crippen LogP contribution in [0.5, 0.6) is 5.88 Å². The second-order valence-corrected chi connectivity index (χ2v) is 6.46. The molecule has 28 heavy (non-hydrogen) atoms. The number of guanidine groups is 1. The number of hydrogen-bond donors (Lipinski definition) is 2. The van der Waals surface area contributed by atoms with E-state index in [1.165, 1.54) is 0 Å². The summed E-state index contributed by atoms with van der Waals surface area (Å²) in [5, 5.41) is 7.55. The molecule has 2 heterocycles. The zero-order valence-electron chi connectivity index (χ0n) is 16.2. The molecule has 0 unspecified atom stereocenters. The monoisotopic (exact) mass is 541 g/mol. The van der Waals surface area contributed by atoms with Gasteiger partial charge in [0.05, 0.1) is 24.7 Å². The van der Waals surface area contributed by atoms with Crippen molar-refractivity contribution in [2.45, 2.75) is 20.0 Å². The predicted octanol–water partition coefficient (Wildman–Crippen LogP) is 3.63. The highest BCUT2D eigenvalue weighted by Crippen LogP contribution is 2.24. The molecule has 0 spiro atoms. The fourth-order valence-corrected chi connectivity index (χ4v) is 2.75. The highest BCUT2D eigenvalue weighted by Gasteiger charge is 2.10. The molecule has 2 rings (SSSR count). The number of nitrogens with one attached hydrogen (secondary N) is 2. The number of ether oxygens (including phenoxy) is 2. The maximum atomic E-state index is 6.11. The SMILES string of the molecule is CCNC(=NCc1cccnc1OCCOC)NCc1cc(Cl)c(Cl)n1C.I. The Labute approximate surface area is 192 Å². The average Bonchev–Trinajstić information content (AvgIpc) is 2.92. The largest absolute Gasteiger partial charge is 0.475 e. The molecule has 2 aromatic heterocycles. The van der Waals surface area contributed by atoms with Gasteiger partial charge >= 0.3 is 0 Å². The van der Waals surface area contributed by atoms with Crippen molar-refractivity contribution in [3.8, 4) is 5.88 Å². The van der Waals surface area contributed by atoms with E-state index in [0.717, 1.165) is 17.8 Å². The van der Waals surface area contributed by atoms with Crippen LogP contribution in [0, 0.1) is 0 Å². The highest BCUT2D eigenvalue weighted by atomic mass is 127. The molecule has 0 aliphatic rings. The number of rotatable bonds is 9. The number of pyridine rings is 1. The van der Waals surface area contributed by atoms with Gasteiger partial charge in [0.2, 0.25) is 5.88 Å². The highest BCUT2D eigenvalue weighted by molar-refractivity contribution is 14.0. The molecule has 10 heteroatoms. The molecule has 0 amide bonds. The summed E-state index contributed by atoms with van der Waals surface area (Å²) in [6.07, 6.45) is 1.70. The first-order chi connectivity index (χ1) is 13.1. The Morgan fingerprint density at radius 3 is 2.71 bits per heavy atom. The minimum absolute atomic E-state index is 0. The number of nitrogens with zero attached hydrogens (tertiary/aromatic N) is 3. The number of aromatic nitrogens is 2. The first-order valence-electron chi connectivity index (χ1n) is 8.64. The van der Waals surface area contributed by atoms with Gasteiger partial charge in [-0.2, -0.15) is 0 Å². The summed E-state index contributed by atoms with van der Waals surface area (Å²) in [4.78, 5) is 8.89. The lowest BCUT2D eigenvalue weighted by atomic mass is 10.3. The Morgan fingerprint density at radius 1 is 1.29 bits per heavy atom. The second kappa shape index (κ2) is 13.1. The van der Waals surface area contributed by atoms with Crippen molar-refractivity contribution in [2.24, 2.45) is 12.0 Å². The van der Waals surface area contributed by atoms with E-state index in [1.54, 1.807) is 13.3 Å². The third-order valence-electron chi connectivity index (χ3n) is 3.78. The molecule has 0 aliphatic carbocycles. The molecule has 0 radical (unpaired) electrons. The van der Waals surface area contributed by atoms with Gasteiger partial charge in [-0.05, 0) is 19.1 Å². The second-order valence-electron chi connectivity index (χ2n) is 5.69. The Bertz CT molecular complexity index is 770. The Hall–Kier alpha value is -1.23. The van der Waals surface area contributed by atoms with Gasteiger partial charge in [0.1, 0.15) is 11.8 Å². The number of hydrogen-bond acceptors (Lipinski definition) is 4. The number of methoxy groups -OCH3 is 1. The molecule has 0 atom stereocenters. The number of halogens is 3. The molecule has 0 saturated carbocycles. The minimum Gasteiger partial charge on any atom is -0.475 e. The molecule has 0 aliphatic heterocycles. The van der Waals surface area contributed by atoms with Gasteiger partial charge in [-0.3, -0.25) is 0 Å². The van der Waals surface area contributed by atoms with Crippen molar-refractivity contribution in [2.75, 3.05) is 26.9 Å². The first-order valence-corrected chi connectivity index (χ1v) is 9.39. The topological polar surface area (TPSA) is 72.7 Å². The molecule has 0 fully saturated rings. The van der Waals surface area contributed by atoms with E-state index in [1.807, 2.05) is 36.7 Å². The molecular formula is C18H26Cl2IN5O2. The maximum Gasteiger partial charge on any atom is 0.218 e. The van der Waals surface area contributed by atoms with Gasteiger partial charge in [-0.25, -0.2) is 9.98 Å². The third kappa shape index (κ3) is 7.31. The van der Waals surface area contributed by atoms with Crippen LogP contribution in [0.25, 0.3) is 0 Å². The molecule has 0 bridgehead atoms. The summed E-state index contributed by atoms with van der Waals surface area (Å²) in [6, 6.07) is 5.64. The zero-order chi connectivity index (χ0) is 19.6. The zero-order valence-corrected chi connectivity index (χ0v) is 20.0. The quantitative estimate of drug-likeness (QED) is 0.219. The van der Waals surface area contributed by atoms with Crippen LogP contribution in [-0.4, -0.2) is 42.4 Å². The van der Waals surface area contributed by atoms with E-state index in [2.05, 4.69) is 20.6 Å². The Balaban J connectivity index is 0.00000392. The molecule has 0 aromatic carbocycles. The van der Waals surface area contributed by atoms with Crippen LogP contribution < -0.4 is 15.4 Å². The van der Waals surface area contributed by atoms with Crippen molar-refractivity contribution in [1.29, 1.82) is 0 Å². The number of aliphatic imine (C=N–C) groups is 1. The fourth-order valence-electron chi connectivity index (χ4n) is 2.33. The third-order valence-corrected chi connectivity index (χ3v) is 4.62. The summed E-state index contributed by atoms with van der Waals surface area (Å²) in [6.45, 7) is 4.67. The molecule has 7 nitrogen and oxygen atoms in total. The molecular weight excluding hydrogens is 516 g/mol. The van der Waals surface area contributed by atoms with E-state index >= 15 is 0 Å². The average molecular weight is 542 g/mol. The van der Waals surface area contributed by atoms with Crippen LogP contribution >= 0.6 is 47.2 Å². The van der Waals surface area contributed by atoms with Crippen LogP contribution in [0.1, 0.15) is 18.2 Å². The fraction of sp³-hybridized carbons (Fsp3) is 0.444. The minimum atomic E-state index is 0. The van der Waals surface area contributed by atoms with E-state index < -0.39 is 0 Å². The predicted molar refractivity (Wildman–Crippen MR) is 124 cm³/mol. The molecule has 0 saturated heterocycles. The normalized spacial score (nSPS) is 11.1. The van der Waals surface area contributed by atoms with Crippen molar-refractivity contribution >= 4 is 53.1 Å². The summed E-state index contributed by atoms with van der Waals surface area (Å²) in [7, 11) is 3.50. The van der Waals surface area contributed by atoms with Gasteiger partial charge < -0.3 is 24.7 Å². The van der Waals surface area contributed by atoms with Gasteiger partial charge in [-0.15, -0.1) is 24.0 Å². The van der Waals surface area contributed by atoms with Crippen molar-refractivity contribution in [1.82, 2.24) is 20.2 Å². The summed E-state index contributed by atoms with van der Waals surface area (Å²) in [5.74, 6) is 1.24. The Morgan fingerprint density at radius 2 is 2.07 bits per heavy atom. The van der Waals surface area contributed by atoms with Gasteiger partial charge in [0, 0.05) is 38.2 Å². The van der Waals surface area contributed by atoms with E-state index in [-0.39, 0.29) is 24.0 Å². The van der Waals surface area contributed by atoms with Crippen LogP contribution in [0.2, 0.25) is 10.2 Å². The van der Waals surface area contributed by atoms with Crippen molar-refractivity contribution < 1.29 is 9.47 Å². The lowest BCUT2D eigenvalue weighted by Crippen LogP contribution is -2.37. The summed E-state index contributed by atoms with van der Waals surface area (Å²) >= 11 is 12.2.